The largest absolute Gasteiger partial charge is 0.493 e. The Morgan fingerprint density at radius 3 is 2.28 bits per heavy atom. The molecule has 198 valence electrons. The first-order valence-electron chi connectivity index (χ1n) is 11.9. The topological polar surface area (TPSA) is 96.6 Å². The van der Waals surface area contributed by atoms with Crippen LogP contribution in [0.15, 0.2) is 77.7 Å². The smallest absolute Gasteiger partial charge is 0.279 e. The molecular weight excluding hydrogens is 503 g/mol. The second-order valence-corrected chi connectivity index (χ2v) is 8.68. The van der Waals surface area contributed by atoms with E-state index in [2.05, 4.69) is 10.3 Å². The van der Waals surface area contributed by atoms with E-state index >= 15 is 4.39 Å². The number of rotatable bonds is 7. The van der Waals surface area contributed by atoms with Gasteiger partial charge in [-0.3, -0.25) is 23.9 Å². The summed E-state index contributed by atoms with van der Waals surface area (Å²) in [5.74, 6) is -0.0764. The molecule has 0 aliphatic rings. The van der Waals surface area contributed by atoms with Crippen molar-refractivity contribution >= 4 is 22.5 Å². The zero-order valence-electron chi connectivity index (χ0n) is 21.7. The number of hydrogen-bond acceptors (Lipinski definition) is 6. The Bertz CT molecular complexity index is 1760. The maximum Gasteiger partial charge on any atom is 0.279 e. The second-order valence-electron chi connectivity index (χ2n) is 8.68. The first-order valence-corrected chi connectivity index (χ1v) is 11.9. The highest BCUT2D eigenvalue weighted by atomic mass is 19.1. The fourth-order valence-corrected chi connectivity index (χ4v) is 4.35. The number of benzene rings is 3. The lowest BCUT2D eigenvalue weighted by molar-refractivity contribution is 0.102. The molecule has 0 atom stereocenters. The van der Waals surface area contributed by atoms with Crippen LogP contribution in [0.2, 0.25) is 0 Å². The van der Waals surface area contributed by atoms with Crippen LogP contribution in [0.4, 0.5) is 10.1 Å². The molecule has 0 saturated carbocycles. The highest BCUT2D eigenvalue weighted by molar-refractivity contribution is 6.08. The third kappa shape index (κ3) is 4.68. The van der Waals surface area contributed by atoms with Gasteiger partial charge in [0.2, 0.25) is 0 Å². The van der Waals surface area contributed by atoms with Crippen molar-refractivity contribution in [3.63, 3.8) is 0 Å². The number of amides is 1. The number of halogens is 1. The Morgan fingerprint density at radius 2 is 1.59 bits per heavy atom. The van der Waals surface area contributed by atoms with Gasteiger partial charge in [0.05, 0.1) is 25.4 Å². The number of carbonyl (C=O) groups is 1. The molecule has 39 heavy (non-hydrogen) atoms. The molecule has 0 unspecified atom stereocenters. The number of nitrogens with zero attached hydrogens (tertiary/aromatic N) is 3. The molecule has 5 aromatic rings. The Hall–Kier alpha value is -5.12. The zero-order chi connectivity index (χ0) is 27.7. The van der Waals surface area contributed by atoms with Crippen molar-refractivity contribution in [2.24, 2.45) is 14.1 Å². The molecular formula is C29H25FN4O5. The molecule has 0 aliphatic carbocycles. The van der Waals surface area contributed by atoms with E-state index in [0.29, 0.717) is 39.4 Å². The third-order valence-corrected chi connectivity index (χ3v) is 6.41. The molecule has 2 aromatic heterocycles. The number of carbonyl (C=O) groups excluding carboxylic acids is 1. The van der Waals surface area contributed by atoms with Gasteiger partial charge in [0, 0.05) is 49.1 Å². The Kier molecular flexibility index (Phi) is 6.76. The fraction of sp³-hybridized carbons (Fsp3) is 0.138. The molecule has 1 amide bonds. The van der Waals surface area contributed by atoms with Crippen LogP contribution < -0.4 is 25.1 Å². The van der Waals surface area contributed by atoms with Crippen molar-refractivity contribution < 1.29 is 23.4 Å². The lowest BCUT2D eigenvalue weighted by Gasteiger charge is -2.13. The van der Waals surface area contributed by atoms with Crippen LogP contribution in [-0.4, -0.2) is 34.5 Å². The standard InChI is InChI=1S/C29H25FN4O5/c1-33-27(17-8-6-5-7-9-17)26(29(36)34(33)2)28(35)32-18-10-11-23(20(30)14-18)39-22-12-13-31-21-16-25(38-4)24(37-3)15-19(21)22/h5-16H,1-4H3,(H,32,35). The molecule has 3 aromatic carbocycles. The van der Waals surface area contributed by atoms with Crippen LogP contribution in [0.25, 0.3) is 22.2 Å². The molecule has 0 spiro atoms. The van der Waals surface area contributed by atoms with E-state index in [0.717, 1.165) is 6.07 Å². The number of fused-ring (bicyclic) bond motifs is 1. The minimum absolute atomic E-state index is 0.0421. The number of methoxy groups -OCH3 is 2. The lowest BCUT2D eigenvalue weighted by Crippen LogP contribution is -2.24. The van der Waals surface area contributed by atoms with Gasteiger partial charge in [-0.1, -0.05) is 30.3 Å². The predicted octanol–water partition coefficient (Wildman–Crippen LogP) is 5.14. The molecule has 0 bridgehead atoms. The van der Waals surface area contributed by atoms with Crippen molar-refractivity contribution in [2.45, 2.75) is 0 Å². The summed E-state index contributed by atoms with van der Waals surface area (Å²) in [5.41, 5.74) is 1.40. The van der Waals surface area contributed by atoms with Gasteiger partial charge in [-0.05, 0) is 24.3 Å². The maximum atomic E-state index is 15.1. The monoisotopic (exact) mass is 528 g/mol. The summed E-state index contributed by atoms with van der Waals surface area (Å²) < 4.78 is 34.7. The normalized spacial score (nSPS) is 10.9. The first-order chi connectivity index (χ1) is 18.8. The number of ether oxygens (including phenoxy) is 3. The molecule has 1 N–H and O–H groups in total. The Balaban J connectivity index is 1.43. The van der Waals surface area contributed by atoms with Gasteiger partial charge in [0.25, 0.3) is 11.5 Å². The van der Waals surface area contributed by atoms with E-state index < -0.39 is 17.3 Å². The van der Waals surface area contributed by atoms with Gasteiger partial charge in [-0.15, -0.1) is 0 Å². The number of hydrogen-bond donors (Lipinski definition) is 1. The van der Waals surface area contributed by atoms with Crippen LogP contribution in [0.5, 0.6) is 23.0 Å². The average Bonchev–Trinajstić information content (AvgIpc) is 3.18. The van der Waals surface area contributed by atoms with E-state index in [1.54, 1.807) is 43.2 Å². The van der Waals surface area contributed by atoms with Gasteiger partial charge in [-0.2, -0.15) is 0 Å². The van der Waals surface area contributed by atoms with Crippen molar-refractivity contribution in [1.82, 2.24) is 14.3 Å². The van der Waals surface area contributed by atoms with E-state index in [1.165, 1.54) is 31.0 Å². The molecule has 0 fully saturated rings. The van der Waals surface area contributed by atoms with Gasteiger partial charge >= 0.3 is 0 Å². The molecule has 9 nitrogen and oxygen atoms in total. The third-order valence-electron chi connectivity index (χ3n) is 6.41. The summed E-state index contributed by atoms with van der Waals surface area (Å²) in [7, 11) is 6.31. The quantitative estimate of drug-likeness (QED) is 0.314. The second kappa shape index (κ2) is 10.3. The van der Waals surface area contributed by atoms with E-state index in [1.807, 2.05) is 30.3 Å². The average molecular weight is 529 g/mol. The SMILES string of the molecule is COc1cc2nccc(Oc3ccc(NC(=O)c4c(-c5ccccc5)n(C)n(C)c4=O)cc3F)c2cc1OC. The van der Waals surface area contributed by atoms with E-state index in [-0.39, 0.29) is 17.0 Å². The maximum absolute atomic E-state index is 15.1. The zero-order valence-corrected chi connectivity index (χ0v) is 21.7. The van der Waals surface area contributed by atoms with Gasteiger partial charge < -0.3 is 19.5 Å². The Morgan fingerprint density at radius 1 is 0.872 bits per heavy atom. The summed E-state index contributed by atoms with van der Waals surface area (Å²) in [6.07, 6.45) is 1.54. The predicted molar refractivity (Wildman–Crippen MR) is 145 cm³/mol. The van der Waals surface area contributed by atoms with Crippen LogP contribution >= 0.6 is 0 Å². The van der Waals surface area contributed by atoms with Gasteiger partial charge in [0.15, 0.2) is 23.1 Å². The van der Waals surface area contributed by atoms with Crippen LogP contribution in [-0.2, 0) is 14.1 Å². The summed E-state index contributed by atoms with van der Waals surface area (Å²) in [6.45, 7) is 0. The lowest BCUT2D eigenvalue weighted by atomic mass is 10.1. The van der Waals surface area contributed by atoms with E-state index in [9.17, 15) is 9.59 Å². The summed E-state index contributed by atoms with van der Waals surface area (Å²) in [6, 6.07) is 18.2. The first kappa shape index (κ1) is 25.5. The molecule has 0 aliphatic heterocycles. The van der Waals surface area contributed by atoms with Crippen LogP contribution in [0.1, 0.15) is 10.4 Å². The molecule has 0 radical (unpaired) electrons. The summed E-state index contributed by atoms with van der Waals surface area (Å²) in [4.78, 5) is 30.4. The highest BCUT2D eigenvalue weighted by Gasteiger charge is 2.24. The number of nitrogens with one attached hydrogen (secondary N) is 1. The van der Waals surface area contributed by atoms with Crippen LogP contribution in [0.3, 0.4) is 0 Å². The minimum Gasteiger partial charge on any atom is -0.493 e. The van der Waals surface area contributed by atoms with Gasteiger partial charge in [0.1, 0.15) is 11.3 Å². The molecule has 2 heterocycles. The van der Waals surface area contributed by atoms with E-state index in [4.69, 9.17) is 14.2 Å². The van der Waals surface area contributed by atoms with Crippen molar-refractivity contribution in [2.75, 3.05) is 19.5 Å². The van der Waals surface area contributed by atoms with Crippen molar-refractivity contribution in [3.05, 3.63) is 94.7 Å². The minimum atomic E-state index is -0.706. The van der Waals surface area contributed by atoms with Gasteiger partial charge in [-0.25, -0.2) is 4.39 Å². The molecule has 5 rings (SSSR count). The van der Waals surface area contributed by atoms with Crippen molar-refractivity contribution in [3.8, 4) is 34.3 Å². The Labute approximate surface area is 223 Å². The number of aromatic nitrogens is 3. The highest BCUT2D eigenvalue weighted by Crippen LogP contribution is 2.37. The fourth-order valence-electron chi connectivity index (χ4n) is 4.35. The summed E-state index contributed by atoms with van der Waals surface area (Å²) in [5, 5.41) is 3.23. The molecule has 0 saturated heterocycles. The molecule has 10 heteroatoms. The summed E-state index contributed by atoms with van der Waals surface area (Å²) >= 11 is 0. The number of anilines is 1. The van der Waals surface area contributed by atoms with Crippen LogP contribution in [0, 0.1) is 5.82 Å². The van der Waals surface area contributed by atoms with Crippen molar-refractivity contribution in [1.29, 1.82) is 0 Å². The number of pyridine rings is 1.